The molecule has 0 atom stereocenters. The number of carbonyl (C=O) groups excluding carboxylic acids is 1. The number of hydrogen-bond acceptors (Lipinski definition) is 3. The van der Waals surface area contributed by atoms with E-state index in [1.54, 1.807) is 24.3 Å². The Bertz CT molecular complexity index is 664. The lowest BCUT2D eigenvalue weighted by Crippen LogP contribution is -1.95. The van der Waals surface area contributed by atoms with Crippen molar-refractivity contribution < 1.29 is 4.79 Å². The second kappa shape index (κ2) is 8.66. The van der Waals surface area contributed by atoms with Crippen molar-refractivity contribution >= 4 is 40.0 Å². The van der Waals surface area contributed by atoms with E-state index < -0.39 is 5.24 Å². The van der Waals surface area contributed by atoms with Crippen molar-refractivity contribution in [3.8, 4) is 6.07 Å². The Hall–Kier alpha value is -1.57. The highest BCUT2D eigenvalue weighted by atomic mass is 35.5. The molecule has 0 fully saturated rings. The van der Waals surface area contributed by atoms with Crippen molar-refractivity contribution in [3.63, 3.8) is 0 Å². The molecule has 0 aromatic heterocycles. The van der Waals surface area contributed by atoms with Gasteiger partial charge in [-0.25, -0.2) is 0 Å². The van der Waals surface area contributed by atoms with Gasteiger partial charge < -0.3 is 5.73 Å². The Balaban J connectivity index is 0.000000211. The third-order valence-electron chi connectivity index (χ3n) is 2.46. The van der Waals surface area contributed by atoms with Gasteiger partial charge in [-0.15, -0.1) is 0 Å². The summed E-state index contributed by atoms with van der Waals surface area (Å²) in [4.78, 5) is 10.5. The largest absolute Gasteiger partial charge is 0.326 e. The summed E-state index contributed by atoms with van der Waals surface area (Å²) >= 11 is 16.5. The number of carbonyl (C=O) groups is 1. The first-order valence-corrected chi connectivity index (χ1v) is 6.95. The van der Waals surface area contributed by atoms with Gasteiger partial charge in [-0.05, 0) is 53.6 Å². The summed E-state index contributed by atoms with van der Waals surface area (Å²) in [5.74, 6) is 0. The summed E-state index contributed by atoms with van der Waals surface area (Å²) in [6.07, 6.45) is 0. The Kier molecular flexibility index (Phi) is 7.21. The van der Waals surface area contributed by atoms with Crippen molar-refractivity contribution in [2.24, 2.45) is 5.73 Å². The molecule has 0 aliphatic rings. The fourth-order valence-corrected chi connectivity index (χ4v) is 1.79. The second-order valence-electron chi connectivity index (χ2n) is 3.92. The molecule has 0 heterocycles. The summed E-state index contributed by atoms with van der Waals surface area (Å²) < 4.78 is 0. The summed E-state index contributed by atoms with van der Waals surface area (Å²) in [5.41, 5.74) is 7.29. The molecule has 21 heavy (non-hydrogen) atoms. The molecule has 2 aromatic carbocycles. The molecule has 0 saturated carbocycles. The Morgan fingerprint density at radius 3 is 2.14 bits per heavy atom. The second-order valence-corrected chi connectivity index (χ2v) is 5.07. The van der Waals surface area contributed by atoms with Gasteiger partial charge in [0.1, 0.15) is 0 Å². The molecular weight excluding hydrogens is 331 g/mol. The van der Waals surface area contributed by atoms with Gasteiger partial charge in [-0.3, -0.25) is 4.79 Å². The minimum atomic E-state index is -0.505. The Labute approximate surface area is 137 Å². The maximum absolute atomic E-state index is 10.5. The van der Waals surface area contributed by atoms with E-state index in [1.807, 2.05) is 12.1 Å². The molecular formula is C15H11Cl3N2O. The first-order valence-electron chi connectivity index (χ1n) is 5.82. The number of rotatable bonds is 2. The van der Waals surface area contributed by atoms with Crippen LogP contribution in [0.5, 0.6) is 0 Å². The molecule has 0 saturated heterocycles. The zero-order valence-corrected chi connectivity index (χ0v) is 13.1. The first kappa shape index (κ1) is 17.5. The fourth-order valence-electron chi connectivity index (χ4n) is 1.34. The molecule has 0 aliphatic heterocycles. The van der Waals surface area contributed by atoms with Gasteiger partial charge in [-0.2, -0.15) is 5.26 Å². The van der Waals surface area contributed by atoms with Crippen LogP contribution in [-0.2, 0) is 6.54 Å². The minimum Gasteiger partial charge on any atom is -0.326 e. The predicted molar refractivity (Wildman–Crippen MR) is 85.7 cm³/mol. The van der Waals surface area contributed by atoms with Crippen LogP contribution in [-0.4, -0.2) is 5.24 Å². The molecule has 0 bridgehead atoms. The minimum absolute atomic E-state index is 0.408. The Morgan fingerprint density at radius 1 is 1.10 bits per heavy atom. The lowest BCUT2D eigenvalue weighted by molar-refractivity contribution is 0.108. The van der Waals surface area contributed by atoms with E-state index in [0.29, 0.717) is 27.7 Å². The van der Waals surface area contributed by atoms with E-state index in [1.165, 1.54) is 12.1 Å². The highest BCUT2D eigenvalue weighted by Gasteiger charge is 1.99. The average molecular weight is 342 g/mol. The Morgan fingerprint density at radius 2 is 1.71 bits per heavy atom. The van der Waals surface area contributed by atoms with E-state index in [-0.39, 0.29) is 0 Å². The van der Waals surface area contributed by atoms with Crippen LogP contribution in [0.2, 0.25) is 10.0 Å². The lowest BCUT2D eigenvalue weighted by atomic mass is 10.2. The lowest BCUT2D eigenvalue weighted by Gasteiger charge is -1.97. The van der Waals surface area contributed by atoms with Gasteiger partial charge >= 0.3 is 0 Å². The van der Waals surface area contributed by atoms with Crippen molar-refractivity contribution in [2.45, 2.75) is 6.54 Å². The maximum Gasteiger partial charge on any atom is 0.252 e. The van der Waals surface area contributed by atoms with Crippen LogP contribution in [0.4, 0.5) is 0 Å². The summed E-state index contributed by atoms with van der Waals surface area (Å²) in [6.45, 7) is 0.497. The summed E-state index contributed by atoms with van der Waals surface area (Å²) in [6, 6.07) is 13.4. The molecule has 6 heteroatoms. The highest BCUT2D eigenvalue weighted by Crippen LogP contribution is 2.22. The average Bonchev–Trinajstić information content (AvgIpc) is 2.50. The molecule has 3 nitrogen and oxygen atoms in total. The third-order valence-corrected chi connectivity index (χ3v) is 3.42. The number of nitrogens with two attached hydrogens (primary N) is 1. The van der Waals surface area contributed by atoms with E-state index in [2.05, 4.69) is 0 Å². The van der Waals surface area contributed by atoms with Gasteiger partial charge in [0, 0.05) is 12.1 Å². The molecule has 2 N–H and O–H groups in total. The molecule has 0 radical (unpaired) electrons. The van der Waals surface area contributed by atoms with Crippen LogP contribution in [0.1, 0.15) is 21.5 Å². The van der Waals surface area contributed by atoms with E-state index in [0.717, 1.165) is 5.56 Å². The highest BCUT2D eigenvalue weighted by molar-refractivity contribution is 6.67. The maximum atomic E-state index is 10.5. The quantitative estimate of drug-likeness (QED) is 0.824. The van der Waals surface area contributed by atoms with Crippen LogP contribution in [0, 0.1) is 11.3 Å². The normalized spacial score (nSPS) is 9.29. The van der Waals surface area contributed by atoms with E-state index in [9.17, 15) is 4.79 Å². The molecule has 2 rings (SSSR count). The fraction of sp³-hybridized carbons (Fsp3) is 0.0667. The van der Waals surface area contributed by atoms with Crippen LogP contribution in [0.15, 0.2) is 42.5 Å². The summed E-state index contributed by atoms with van der Waals surface area (Å²) in [5, 5.41) is 9.02. The standard InChI is InChI=1S/C8H4ClNO.C7H7Cl2N/c9-8(11)7-3-1-6(5-10)2-4-7;8-6-2-1-5(4-10)3-7(6)9/h1-4H;1-3H,4,10H2. The van der Waals surface area contributed by atoms with E-state index >= 15 is 0 Å². The number of benzene rings is 2. The van der Waals surface area contributed by atoms with Gasteiger partial charge in [0.15, 0.2) is 0 Å². The van der Waals surface area contributed by atoms with Crippen LogP contribution in [0.25, 0.3) is 0 Å². The van der Waals surface area contributed by atoms with Gasteiger partial charge in [0.25, 0.3) is 5.24 Å². The monoisotopic (exact) mass is 340 g/mol. The number of nitriles is 1. The number of nitrogens with zero attached hydrogens (tertiary/aromatic N) is 1. The van der Waals surface area contributed by atoms with Crippen LogP contribution >= 0.6 is 34.8 Å². The van der Waals surface area contributed by atoms with Crippen molar-refractivity contribution in [1.82, 2.24) is 0 Å². The van der Waals surface area contributed by atoms with Crippen molar-refractivity contribution in [3.05, 3.63) is 69.2 Å². The zero-order valence-electron chi connectivity index (χ0n) is 10.8. The number of halogens is 3. The van der Waals surface area contributed by atoms with Crippen LogP contribution in [0.3, 0.4) is 0 Å². The van der Waals surface area contributed by atoms with Crippen LogP contribution < -0.4 is 5.73 Å². The van der Waals surface area contributed by atoms with Gasteiger partial charge in [0.2, 0.25) is 0 Å². The summed E-state index contributed by atoms with van der Waals surface area (Å²) in [7, 11) is 0. The van der Waals surface area contributed by atoms with Gasteiger partial charge in [0.05, 0.1) is 21.7 Å². The number of hydrogen-bond donors (Lipinski definition) is 1. The molecule has 0 amide bonds. The molecule has 0 unspecified atom stereocenters. The molecule has 0 spiro atoms. The molecule has 0 aliphatic carbocycles. The predicted octanol–water partition coefficient (Wildman–Crippen LogP) is 4.39. The van der Waals surface area contributed by atoms with Crippen molar-refractivity contribution in [2.75, 3.05) is 0 Å². The van der Waals surface area contributed by atoms with E-state index in [4.69, 9.17) is 45.8 Å². The van der Waals surface area contributed by atoms with Gasteiger partial charge in [-0.1, -0.05) is 29.3 Å². The third kappa shape index (κ3) is 5.74. The SMILES string of the molecule is N#Cc1ccc(C(=O)Cl)cc1.NCc1ccc(Cl)c(Cl)c1. The smallest absolute Gasteiger partial charge is 0.252 e. The molecule has 2 aromatic rings. The zero-order chi connectivity index (χ0) is 15.8. The topological polar surface area (TPSA) is 66.9 Å². The van der Waals surface area contributed by atoms with Crippen molar-refractivity contribution in [1.29, 1.82) is 5.26 Å². The molecule has 108 valence electrons. The first-order chi connectivity index (χ1) is 9.97.